The molecule has 1 aliphatic rings. The zero-order chi connectivity index (χ0) is 22.6. The summed E-state index contributed by atoms with van der Waals surface area (Å²) in [4.78, 5) is 13.0. The van der Waals surface area contributed by atoms with E-state index in [2.05, 4.69) is 0 Å². The van der Waals surface area contributed by atoms with E-state index in [9.17, 15) is 40.5 Å². The van der Waals surface area contributed by atoms with Crippen LogP contribution < -0.4 is 10.2 Å². The Hall–Kier alpha value is -3.09. The van der Waals surface area contributed by atoms with Gasteiger partial charge in [0, 0.05) is 12.1 Å². The SMILES string of the molecule is COc1cc(O)c2c(=O)c3cc(O)c(O)cc3oc2c1[C@@H]1O[C@H](CO)[C@@H](O)[C@H](O)[C@H]1O. The van der Waals surface area contributed by atoms with Crippen molar-refractivity contribution in [2.24, 2.45) is 0 Å². The van der Waals surface area contributed by atoms with Crippen LogP contribution in [0.4, 0.5) is 0 Å². The second-order valence-electron chi connectivity index (χ2n) is 7.23. The number of phenolic OH excluding ortho intramolecular Hbond substituents is 3. The topological polar surface area (TPSA) is 190 Å². The fraction of sp³-hybridized carbons (Fsp3) is 0.350. The maximum atomic E-state index is 13.0. The van der Waals surface area contributed by atoms with Crippen molar-refractivity contribution in [2.75, 3.05) is 13.7 Å². The second-order valence-corrected chi connectivity index (χ2v) is 7.23. The highest BCUT2D eigenvalue weighted by atomic mass is 16.5. The fourth-order valence-electron chi connectivity index (χ4n) is 3.81. The molecule has 1 aliphatic heterocycles. The molecular weight excluding hydrogens is 416 g/mol. The predicted octanol–water partition coefficient (Wildman–Crippen LogP) is -0.414. The van der Waals surface area contributed by atoms with Gasteiger partial charge in [-0.15, -0.1) is 0 Å². The minimum atomic E-state index is -1.71. The average molecular weight is 436 g/mol. The minimum Gasteiger partial charge on any atom is -0.507 e. The largest absolute Gasteiger partial charge is 0.507 e. The molecule has 0 radical (unpaired) electrons. The highest BCUT2D eigenvalue weighted by Gasteiger charge is 2.46. The van der Waals surface area contributed by atoms with Gasteiger partial charge in [-0.2, -0.15) is 0 Å². The molecular formula is C20H20O11. The van der Waals surface area contributed by atoms with E-state index in [1.54, 1.807) is 0 Å². The zero-order valence-electron chi connectivity index (χ0n) is 16.1. The van der Waals surface area contributed by atoms with Gasteiger partial charge in [-0.3, -0.25) is 4.79 Å². The first-order chi connectivity index (χ1) is 14.7. The molecule has 11 nitrogen and oxygen atoms in total. The molecule has 0 bridgehead atoms. The first kappa shape index (κ1) is 21.2. The van der Waals surface area contributed by atoms with E-state index in [-0.39, 0.29) is 33.3 Å². The Morgan fingerprint density at radius 1 is 0.968 bits per heavy atom. The zero-order valence-corrected chi connectivity index (χ0v) is 16.1. The van der Waals surface area contributed by atoms with E-state index in [4.69, 9.17) is 13.9 Å². The molecule has 2 aromatic carbocycles. The Morgan fingerprint density at radius 3 is 2.29 bits per heavy atom. The maximum absolute atomic E-state index is 13.0. The van der Waals surface area contributed by atoms with Crippen molar-refractivity contribution in [3.8, 4) is 23.0 Å². The summed E-state index contributed by atoms with van der Waals surface area (Å²) in [5.41, 5.74) is -1.24. The van der Waals surface area contributed by atoms with E-state index in [1.807, 2.05) is 0 Å². The van der Waals surface area contributed by atoms with E-state index >= 15 is 0 Å². The summed E-state index contributed by atoms with van der Waals surface area (Å²) in [6.07, 6.45) is -7.71. The van der Waals surface area contributed by atoms with Crippen molar-refractivity contribution in [3.05, 3.63) is 34.0 Å². The number of ether oxygens (including phenoxy) is 2. The van der Waals surface area contributed by atoms with Crippen LogP contribution >= 0.6 is 0 Å². The van der Waals surface area contributed by atoms with Gasteiger partial charge < -0.3 is 49.6 Å². The van der Waals surface area contributed by atoms with Gasteiger partial charge in [0.05, 0.1) is 24.7 Å². The van der Waals surface area contributed by atoms with Crippen LogP contribution in [0.1, 0.15) is 11.7 Å². The first-order valence-corrected chi connectivity index (χ1v) is 9.22. The van der Waals surface area contributed by atoms with Crippen molar-refractivity contribution in [3.63, 3.8) is 0 Å². The summed E-state index contributed by atoms with van der Waals surface area (Å²) >= 11 is 0. The molecule has 0 saturated carbocycles. The third kappa shape index (κ3) is 3.14. The lowest BCUT2D eigenvalue weighted by Crippen LogP contribution is -2.55. The first-order valence-electron chi connectivity index (χ1n) is 9.22. The number of benzene rings is 2. The summed E-state index contributed by atoms with van der Waals surface area (Å²) < 4.78 is 16.6. The highest BCUT2D eigenvalue weighted by Crippen LogP contribution is 2.44. The highest BCUT2D eigenvalue weighted by molar-refractivity contribution is 5.96. The second kappa shape index (κ2) is 7.55. The number of phenols is 3. The van der Waals surface area contributed by atoms with E-state index in [0.29, 0.717) is 0 Å². The van der Waals surface area contributed by atoms with Crippen molar-refractivity contribution in [1.82, 2.24) is 0 Å². The molecule has 0 amide bonds. The Balaban J connectivity index is 2.08. The van der Waals surface area contributed by atoms with Crippen LogP contribution in [0.5, 0.6) is 23.0 Å². The van der Waals surface area contributed by atoms with Crippen LogP contribution in [-0.4, -0.2) is 73.9 Å². The summed E-state index contributed by atoms with van der Waals surface area (Å²) in [5, 5.41) is 69.8. The van der Waals surface area contributed by atoms with Gasteiger partial charge in [0.25, 0.3) is 0 Å². The number of fused-ring (bicyclic) bond motifs is 2. The monoisotopic (exact) mass is 436 g/mol. The molecule has 5 atom stereocenters. The number of aliphatic hydroxyl groups excluding tert-OH is 4. The number of hydrogen-bond donors (Lipinski definition) is 7. The maximum Gasteiger partial charge on any atom is 0.204 e. The lowest BCUT2D eigenvalue weighted by Gasteiger charge is -2.40. The Bertz CT molecular complexity index is 1220. The Morgan fingerprint density at radius 2 is 1.65 bits per heavy atom. The number of aromatic hydroxyl groups is 3. The van der Waals surface area contributed by atoms with Crippen LogP contribution in [0.3, 0.4) is 0 Å². The van der Waals surface area contributed by atoms with Crippen LogP contribution in [0.2, 0.25) is 0 Å². The summed E-state index contributed by atoms with van der Waals surface area (Å²) in [7, 11) is 1.25. The van der Waals surface area contributed by atoms with Crippen LogP contribution in [-0.2, 0) is 4.74 Å². The third-order valence-electron chi connectivity index (χ3n) is 5.42. The average Bonchev–Trinajstić information content (AvgIpc) is 2.74. The van der Waals surface area contributed by atoms with Gasteiger partial charge >= 0.3 is 0 Å². The van der Waals surface area contributed by atoms with Crippen LogP contribution in [0.15, 0.2) is 27.4 Å². The molecule has 1 aromatic heterocycles. The summed E-state index contributed by atoms with van der Waals surface area (Å²) in [5.74, 6) is -1.72. The molecule has 0 aliphatic carbocycles. The van der Waals surface area contributed by atoms with Crippen molar-refractivity contribution in [2.45, 2.75) is 30.5 Å². The molecule has 7 N–H and O–H groups in total. The normalized spacial score (nSPS) is 26.4. The molecule has 4 rings (SSSR count). The molecule has 11 heteroatoms. The molecule has 1 saturated heterocycles. The predicted molar refractivity (Wildman–Crippen MR) is 104 cm³/mol. The van der Waals surface area contributed by atoms with Gasteiger partial charge in [-0.25, -0.2) is 0 Å². The molecule has 166 valence electrons. The molecule has 1 fully saturated rings. The van der Waals surface area contributed by atoms with Crippen molar-refractivity contribution < 1.29 is 49.6 Å². The Kier molecular flexibility index (Phi) is 5.15. The van der Waals surface area contributed by atoms with Gasteiger partial charge in [0.1, 0.15) is 53.0 Å². The van der Waals surface area contributed by atoms with Crippen molar-refractivity contribution >= 4 is 21.9 Å². The molecule has 3 aromatic rings. The van der Waals surface area contributed by atoms with E-state index in [1.165, 1.54) is 7.11 Å². The number of hydrogen-bond acceptors (Lipinski definition) is 11. The Labute approximate surface area is 173 Å². The molecule has 0 spiro atoms. The van der Waals surface area contributed by atoms with Crippen LogP contribution in [0, 0.1) is 0 Å². The van der Waals surface area contributed by atoms with Gasteiger partial charge in [0.15, 0.2) is 17.1 Å². The lowest BCUT2D eigenvalue weighted by atomic mass is 9.89. The van der Waals surface area contributed by atoms with E-state index in [0.717, 1.165) is 18.2 Å². The molecule has 2 heterocycles. The van der Waals surface area contributed by atoms with Crippen LogP contribution in [0.25, 0.3) is 21.9 Å². The number of methoxy groups -OCH3 is 1. The van der Waals surface area contributed by atoms with E-state index < -0.39 is 59.8 Å². The fourth-order valence-corrected chi connectivity index (χ4v) is 3.81. The summed E-state index contributed by atoms with van der Waals surface area (Å²) in [6.45, 7) is -0.681. The lowest BCUT2D eigenvalue weighted by molar-refractivity contribution is -0.231. The van der Waals surface area contributed by atoms with Crippen molar-refractivity contribution in [1.29, 1.82) is 0 Å². The number of rotatable bonds is 3. The smallest absolute Gasteiger partial charge is 0.204 e. The third-order valence-corrected chi connectivity index (χ3v) is 5.42. The number of aliphatic hydroxyl groups is 4. The minimum absolute atomic E-state index is 0.0696. The summed E-state index contributed by atoms with van der Waals surface area (Å²) in [6, 6.07) is 3.06. The molecule has 0 unspecified atom stereocenters. The van der Waals surface area contributed by atoms with Gasteiger partial charge in [-0.05, 0) is 6.07 Å². The quantitative estimate of drug-likeness (QED) is 0.209. The van der Waals surface area contributed by atoms with Gasteiger partial charge in [0.2, 0.25) is 5.43 Å². The standard InChI is InChI=1S/C20H20O11/c1-29-11-4-9(24)13-15(25)6-2-7(22)8(23)3-10(6)30-19(13)14(11)20-18(28)17(27)16(26)12(5-21)31-20/h2-4,12,16-18,20-24,26-28H,5H2,1H3/t12-,16-,17+,18-,20+/m1/s1. The van der Waals surface area contributed by atoms with Gasteiger partial charge in [-0.1, -0.05) is 0 Å². The molecule has 31 heavy (non-hydrogen) atoms.